The van der Waals surface area contributed by atoms with Gasteiger partial charge < -0.3 is 9.88 Å². The van der Waals surface area contributed by atoms with Crippen LogP contribution in [0.25, 0.3) is 0 Å². The minimum absolute atomic E-state index is 0.269. The molecule has 0 aliphatic heterocycles. The summed E-state index contributed by atoms with van der Waals surface area (Å²) < 4.78 is 26.9. The van der Waals surface area contributed by atoms with Gasteiger partial charge in [0.1, 0.15) is 0 Å². The molecule has 0 atom stereocenters. The number of imidazole rings is 1. The number of rotatable bonds is 7. The second kappa shape index (κ2) is 8.05. The number of anilines is 1. The lowest BCUT2D eigenvalue weighted by molar-refractivity contribution is 0.0951. The molecule has 3 aromatic rings. The Morgan fingerprint density at radius 1 is 1.11 bits per heavy atom. The molecule has 1 aromatic heterocycles. The van der Waals surface area contributed by atoms with Crippen molar-refractivity contribution in [2.75, 3.05) is 11.0 Å². The molecule has 0 saturated heterocycles. The van der Waals surface area contributed by atoms with Crippen molar-refractivity contribution in [1.29, 1.82) is 0 Å². The molecule has 0 fully saturated rings. The number of hydrogen-bond acceptors (Lipinski definition) is 4. The summed E-state index contributed by atoms with van der Waals surface area (Å²) in [6.07, 6.45) is 6.47. The number of sulfonamides is 1. The van der Waals surface area contributed by atoms with Crippen LogP contribution >= 0.6 is 0 Å². The van der Waals surface area contributed by atoms with Crippen LogP contribution in [0, 0.1) is 0 Å². The molecule has 0 saturated carbocycles. The summed E-state index contributed by atoms with van der Waals surface area (Å²) in [4.78, 5) is 16.3. The summed E-state index contributed by atoms with van der Waals surface area (Å²) in [7, 11) is -3.39. The van der Waals surface area contributed by atoms with Gasteiger partial charge in [0.25, 0.3) is 5.91 Å². The quantitative estimate of drug-likeness (QED) is 0.653. The molecule has 0 radical (unpaired) electrons. The highest BCUT2D eigenvalue weighted by atomic mass is 32.2. The molecule has 0 bridgehead atoms. The Kier molecular flexibility index (Phi) is 5.56. The Bertz CT molecular complexity index is 1010. The maximum Gasteiger partial charge on any atom is 0.251 e. The number of hydrogen-bond donors (Lipinski definition) is 2. The summed E-state index contributed by atoms with van der Waals surface area (Å²) >= 11 is 0. The first-order chi connectivity index (χ1) is 12.9. The van der Waals surface area contributed by atoms with Gasteiger partial charge in [0.05, 0.1) is 12.6 Å². The van der Waals surface area contributed by atoms with Crippen molar-refractivity contribution in [3.8, 4) is 0 Å². The van der Waals surface area contributed by atoms with Crippen LogP contribution in [0.5, 0.6) is 0 Å². The van der Waals surface area contributed by atoms with Crippen LogP contribution in [0.2, 0.25) is 0 Å². The Labute approximate surface area is 158 Å². The van der Waals surface area contributed by atoms with E-state index in [4.69, 9.17) is 0 Å². The molecule has 1 amide bonds. The molecule has 140 valence electrons. The SMILES string of the molecule is CS(=O)(=O)Nc1cccc(C(=O)NCc2ccc(Cn3ccnc3)cc2)c1. The van der Waals surface area contributed by atoms with Gasteiger partial charge in [-0.3, -0.25) is 9.52 Å². The number of carbonyl (C=O) groups excluding carboxylic acids is 1. The normalized spacial score (nSPS) is 11.1. The first-order valence-electron chi connectivity index (χ1n) is 8.29. The zero-order valence-corrected chi connectivity index (χ0v) is 15.6. The zero-order valence-electron chi connectivity index (χ0n) is 14.8. The lowest BCUT2D eigenvalue weighted by atomic mass is 10.1. The van der Waals surface area contributed by atoms with E-state index in [0.717, 1.165) is 23.9 Å². The monoisotopic (exact) mass is 384 g/mol. The highest BCUT2D eigenvalue weighted by molar-refractivity contribution is 7.92. The van der Waals surface area contributed by atoms with Gasteiger partial charge in [-0.15, -0.1) is 0 Å². The predicted octanol–water partition coefficient (Wildman–Crippen LogP) is 2.23. The Balaban J connectivity index is 1.58. The molecule has 1 heterocycles. The highest BCUT2D eigenvalue weighted by Gasteiger charge is 2.08. The average molecular weight is 384 g/mol. The molecule has 0 spiro atoms. The molecule has 7 nitrogen and oxygen atoms in total. The Hall–Kier alpha value is -3.13. The third kappa shape index (κ3) is 5.68. The first kappa shape index (κ1) is 18.7. The van der Waals surface area contributed by atoms with Crippen molar-refractivity contribution in [2.45, 2.75) is 13.1 Å². The number of amides is 1. The van der Waals surface area contributed by atoms with Gasteiger partial charge in [-0.2, -0.15) is 0 Å². The smallest absolute Gasteiger partial charge is 0.251 e. The summed E-state index contributed by atoms with van der Waals surface area (Å²) in [5, 5.41) is 2.84. The molecular weight excluding hydrogens is 364 g/mol. The van der Waals surface area contributed by atoms with Crippen LogP contribution in [-0.4, -0.2) is 30.1 Å². The molecule has 8 heteroatoms. The van der Waals surface area contributed by atoms with Gasteiger partial charge >= 0.3 is 0 Å². The van der Waals surface area contributed by atoms with E-state index in [2.05, 4.69) is 15.0 Å². The molecule has 0 aliphatic carbocycles. The van der Waals surface area contributed by atoms with E-state index in [1.54, 1.807) is 30.7 Å². The number of nitrogens with one attached hydrogen (secondary N) is 2. The van der Waals surface area contributed by atoms with Crippen molar-refractivity contribution in [3.05, 3.63) is 83.9 Å². The summed E-state index contributed by atoms with van der Waals surface area (Å²) in [5.41, 5.74) is 2.86. The van der Waals surface area contributed by atoms with Crippen molar-refractivity contribution < 1.29 is 13.2 Å². The fourth-order valence-electron chi connectivity index (χ4n) is 2.58. The van der Waals surface area contributed by atoms with Crippen LogP contribution in [0.3, 0.4) is 0 Å². The van der Waals surface area contributed by atoms with Crippen LogP contribution < -0.4 is 10.0 Å². The maximum absolute atomic E-state index is 12.3. The van der Waals surface area contributed by atoms with Gasteiger partial charge in [-0.05, 0) is 29.3 Å². The van der Waals surface area contributed by atoms with Crippen molar-refractivity contribution in [3.63, 3.8) is 0 Å². The highest BCUT2D eigenvalue weighted by Crippen LogP contribution is 2.12. The zero-order chi connectivity index (χ0) is 19.3. The molecule has 2 aromatic carbocycles. The third-order valence-electron chi connectivity index (χ3n) is 3.83. The van der Waals surface area contributed by atoms with Crippen molar-refractivity contribution in [2.24, 2.45) is 0 Å². The van der Waals surface area contributed by atoms with Gasteiger partial charge in [0.15, 0.2) is 0 Å². The minimum Gasteiger partial charge on any atom is -0.348 e. The Morgan fingerprint density at radius 2 is 1.85 bits per heavy atom. The number of nitrogens with zero attached hydrogens (tertiary/aromatic N) is 2. The first-order valence-corrected chi connectivity index (χ1v) is 10.2. The molecule has 0 aliphatic rings. The van der Waals surface area contributed by atoms with Gasteiger partial charge in [-0.25, -0.2) is 13.4 Å². The Morgan fingerprint density at radius 3 is 2.52 bits per heavy atom. The number of aromatic nitrogens is 2. The topological polar surface area (TPSA) is 93.1 Å². The third-order valence-corrected chi connectivity index (χ3v) is 4.43. The molecule has 27 heavy (non-hydrogen) atoms. The van der Waals surface area contributed by atoms with Crippen LogP contribution in [-0.2, 0) is 23.1 Å². The second-order valence-electron chi connectivity index (χ2n) is 6.19. The van der Waals surface area contributed by atoms with Crippen molar-refractivity contribution in [1.82, 2.24) is 14.9 Å². The second-order valence-corrected chi connectivity index (χ2v) is 7.94. The summed E-state index contributed by atoms with van der Waals surface area (Å²) in [5.74, 6) is -0.269. The molecule has 0 unspecified atom stereocenters. The van der Waals surface area contributed by atoms with E-state index in [0.29, 0.717) is 17.8 Å². The van der Waals surface area contributed by atoms with E-state index < -0.39 is 10.0 Å². The average Bonchev–Trinajstić information content (AvgIpc) is 3.13. The standard InChI is InChI=1S/C19H20N4O3S/c1-27(25,26)22-18-4-2-3-17(11-18)19(24)21-12-15-5-7-16(8-6-15)13-23-10-9-20-14-23/h2-11,14,22H,12-13H2,1H3,(H,21,24). The maximum atomic E-state index is 12.3. The fourth-order valence-corrected chi connectivity index (χ4v) is 3.13. The van der Waals surface area contributed by atoms with Gasteiger partial charge in [0, 0.05) is 36.7 Å². The van der Waals surface area contributed by atoms with Crippen molar-refractivity contribution >= 4 is 21.6 Å². The van der Waals surface area contributed by atoms with Crippen LogP contribution in [0.1, 0.15) is 21.5 Å². The minimum atomic E-state index is -3.39. The lowest BCUT2D eigenvalue weighted by Crippen LogP contribution is -2.23. The fraction of sp³-hybridized carbons (Fsp3) is 0.158. The van der Waals surface area contributed by atoms with E-state index in [1.807, 2.05) is 35.0 Å². The van der Waals surface area contributed by atoms with E-state index in [9.17, 15) is 13.2 Å². The lowest BCUT2D eigenvalue weighted by Gasteiger charge is -2.09. The van der Waals surface area contributed by atoms with E-state index in [-0.39, 0.29) is 5.91 Å². The summed E-state index contributed by atoms with van der Waals surface area (Å²) in [6, 6.07) is 14.3. The van der Waals surface area contributed by atoms with Crippen LogP contribution in [0.15, 0.2) is 67.3 Å². The number of benzene rings is 2. The largest absolute Gasteiger partial charge is 0.348 e. The molecular formula is C19H20N4O3S. The summed E-state index contributed by atoms with van der Waals surface area (Å²) in [6.45, 7) is 1.13. The number of carbonyl (C=O) groups is 1. The molecule has 3 rings (SSSR count). The molecule has 2 N–H and O–H groups in total. The predicted molar refractivity (Wildman–Crippen MR) is 104 cm³/mol. The van der Waals surface area contributed by atoms with E-state index >= 15 is 0 Å². The van der Waals surface area contributed by atoms with Gasteiger partial charge in [-0.1, -0.05) is 30.3 Å². The van der Waals surface area contributed by atoms with E-state index in [1.165, 1.54) is 6.07 Å². The van der Waals surface area contributed by atoms with Gasteiger partial charge in [0.2, 0.25) is 10.0 Å². The van der Waals surface area contributed by atoms with Crippen LogP contribution in [0.4, 0.5) is 5.69 Å².